The number of para-hydroxylation sites is 1. The summed E-state index contributed by atoms with van der Waals surface area (Å²) in [4.78, 5) is 47.6. The lowest BCUT2D eigenvalue weighted by Gasteiger charge is -2.46. The summed E-state index contributed by atoms with van der Waals surface area (Å²) in [6.07, 6.45) is 3.94. The minimum absolute atomic E-state index is 0.0125. The van der Waals surface area contributed by atoms with Gasteiger partial charge in [-0.1, -0.05) is 31.0 Å². The number of rotatable bonds is 8. The second kappa shape index (κ2) is 9.83. The van der Waals surface area contributed by atoms with Crippen molar-refractivity contribution in [3.05, 3.63) is 57.4 Å². The van der Waals surface area contributed by atoms with Gasteiger partial charge in [0.15, 0.2) is 0 Å². The van der Waals surface area contributed by atoms with Crippen LogP contribution in [0.4, 0.5) is 0 Å². The quantitative estimate of drug-likeness (QED) is 0.252. The summed E-state index contributed by atoms with van der Waals surface area (Å²) in [5.74, 6) is -0.389. The number of carbonyl (C=O) groups excluding carboxylic acids is 3. The van der Waals surface area contributed by atoms with Crippen molar-refractivity contribution in [2.24, 2.45) is 0 Å². The van der Waals surface area contributed by atoms with Crippen LogP contribution in [0.3, 0.4) is 0 Å². The van der Waals surface area contributed by atoms with Crippen molar-refractivity contribution in [2.45, 2.75) is 57.5 Å². The van der Waals surface area contributed by atoms with Gasteiger partial charge < -0.3 is 14.8 Å². The van der Waals surface area contributed by atoms with E-state index in [-0.39, 0.29) is 36.7 Å². The number of aromatic amines is 1. The SMILES string of the molecule is Cc1ccc([C@H]2c3[nH]c4ccccc4c3C[C@H]3C(=O)N(CCCCCCC(=O)NO)CC(=O)N23)s1. The molecule has 1 fully saturated rings. The normalized spacial score (nSPS) is 19.7. The second-order valence-corrected chi connectivity index (χ2v) is 10.7. The molecule has 184 valence electrons. The van der Waals surface area contributed by atoms with Gasteiger partial charge in [-0.25, -0.2) is 5.48 Å². The molecule has 3 amide bonds. The molecule has 0 spiro atoms. The molecule has 5 rings (SSSR count). The molecule has 3 aromatic rings. The highest BCUT2D eigenvalue weighted by Gasteiger charge is 2.48. The number of nitrogens with one attached hydrogen (secondary N) is 2. The Morgan fingerprint density at radius 2 is 1.94 bits per heavy atom. The molecule has 0 radical (unpaired) electrons. The molecule has 0 aliphatic carbocycles. The van der Waals surface area contributed by atoms with Crippen molar-refractivity contribution in [1.29, 1.82) is 0 Å². The van der Waals surface area contributed by atoms with E-state index in [0.29, 0.717) is 19.4 Å². The van der Waals surface area contributed by atoms with Gasteiger partial charge in [0.25, 0.3) is 0 Å². The molecule has 1 saturated heterocycles. The third-order valence-corrected chi connectivity index (χ3v) is 8.13. The Kier molecular flexibility index (Phi) is 6.62. The molecule has 2 aliphatic rings. The van der Waals surface area contributed by atoms with Gasteiger partial charge in [0.2, 0.25) is 17.7 Å². The van der Waals surface area contributed by atoms with Crippen molar-refractivity contribution < 1.29 is 19.6 Å². The van der Waals surface area contributed by atoms with Crippen molar-refractivity contribution in [2.75, 3.05) is 13.1 Å². The van der Waals surface area contributed by atoms with Crippen LogP contribution < -0.4 is 5.48 Å². The van der Waals surface area contributed by atoms with Gasteiger partial charge in [0.1, 0.15) is 12.1 Å². The first-order valence-corrected chi connectivity index (χ1v) is 13.0. The van der Waals surface area contributed by atoms with Crippen molar-refractivity contribution in [1.82, 2.24) is 20.3 Å². The van der Waals surface area contributed by atoms with E-state index in [0.717, 1.165) is 46.3 Å². The van der Waals surface area contributed by atoms with Crippen LogP contribution in [0.5, 0.6) is 0 Å². The summed E-state index contributed by atoms with van der Waals surface area (Å²) >= 11 is 1.67. The zero-order chi connectivity index (χ0) is 24.5. The van der Waals surface area contributed by atoms with Crippen molar-refractivity contribution >= 4 is 40.0 Å². The van der Waals surface area contributed by atoms with Crippen LogP contribution in [-0.2, 0) is 20.8 Å². The van der Waals surface area contributed by atoms with Gasteiger partial charge in [-0.15, -0.1) is 11.3 Å². The number of hydrogen-bond acceptors (Lipinski definition) is 5. The molecule has 0 saturated carbocycles. The van der Waals surface area contributed by atoms with Gasteiger partial charge in [-0.05, 0) is 43.5 Å². The fourth-order valence-corrected chi connectivity index (χ4v) is 6.40. The average Bonchev–Trinajstić information content (AvgIpc) is 3.45. The van der Waals surface area contributed by atoms with Gasteiger partial charge in [-0.3, -0.25) is 19.6 Å². The molecule has 1 aromatic carbocycles. The number of unbranched alkanes of at least 4 members (excludes halogenated alkanes) is 3. The lowest BCUT2D eigenvalue weighted by Crippen LogP contribution is -2.63. The Labute approximate surface area is 207 Å². The lowest BCUT2D eigenvalue weighted by atomic mass is 9.88. The number of H-pyrrole nitrogens is 1. The molecule has 2 aliphatic heterocycles. The molecule has 0 unspecified atom stereocenters. The molecule has 2 aromatic heterocycles. The van der Waals surface area contributed by atoms with E-state index in [2.05, 4.69) is 30.1 Å². The minimum Gasteiger partial charge on any atom is -0.356 e. The number of fused-ring (bicyclic) bond motifs is 4. The maximum Gasteiger partial charge on any atom is 0.246 e. The topological polar surface area (TPSA) is 106 Å². The molecule has 4 heterocycles. The number of thiophene rings is 1. The number of amides is 3. The third kappa shape index (κ3) is 4.46. The number of benzene rings is 1. The second-order valence-electron chi connectivity index (χ2n) is 9.39. The van der Waals surface area contributed by atoms with E-state index < -0.39 is 6.04 Å². The van der Waals surface area contributed by atoms with Gasteiger partial charge in [0, 0.05) is 45.7 Å². The van der Waals surface area contributed by atoms with Crippen LogP contribution in [0.25, 0.3) is 10.9 Å². The number of aryl methyl sites for hydroxylation is 1. The third-order valence-electron chi connectivity index (χ3n) is 7.08. The summed E-state index contributed by atoms with van der Waals surface area (Å²) in [7, 11) is 0. The highest BCUT2D eigenvalue weighted by Crippen LogP contribution is 2.44. The predicted molar refractivity (Wildman–Crippen MR) is 133 cm³/mol. The predicted octanol–water partition coefficient (Wildman–Crippen LogP) is 3.68. The van der Waals surface area contributed by atoms with Crippen LogP contribution in [0, 0.1) is 6.92 Å². The van der Waals surface area contributed by atoms with E-state index in [1.165, 1.54) is 4.88 Å². The summed E-state index contributed by atoms with van der Waals surface area (Å²) in [5, 5.41) is 9.69. The molecule has 2 atom stereocenters. The van der Waals surface area contributed by atoms with Gasteiger partial charge in [0.05, 0.1) is 6.54 Å². The Morgan fingerprint density at radius 3 is 2.71 bits per heavy atom. The van der Waals surface area contributed by atoms with Gasteiger partial charge in [-0.2, -0.15) is 0 Å². The van der Waals surface area contributed by atoms with Crippen LogP contribution in [-0.4, -0.2) is 56.8 Å². The first kappa shape index (κ1) is 23.6. The van der Waals surface area contributed by atoms with E-state index >= 15 is 0 Å². The van der Waals surface area contributed by atoms with Crippen molar-refractivity contribution in [3.8, 4) is 0 Å². The summed E-state index contributed by atoms with van der Waals surface area (Å²) in [6, 6.07) is 11.5. The van der Waals surface area contributed by atoms with Crippen LogP contribution in [0.2, 0.25) is 0 Å². The number of hydrogen-bond donors (Lipinski definition) is 3. The number of piperazine rings is 1. The van der Waals surface area contributed by atoms with Crippen LogP contribution in [0.15, 0.2) is 36.4 Å². The number of aromatic nitrogens is 1. The Hall–Kier alpha value is -3.17. The maximum absolute atomic E-state index is 13.6. The Balaban J connectivity index is 1.37. The lowest BCUT2D eigenvalue weighted by molar-refractivity contribution is -0.158. The fourth-order valence-electron chi connectivity index (χ4n) is 5.41. The zero-order valence-corrected chi connectivity index (χ0v) is 20.6. The molecule has 3 N–H and O–H groups in total. The standard InChI is InChI=1S/C26H30N4O4S/c1-16-11-12-21(35-16)25-24-18(17-8-5-6-9-19(17)27-24)14-20-26(33)29(15-23(32)30(20)25)13-7-3-2-4-10-22(31)28-34/h5-6,8-9,11-12,20,25,27,34H,2-4,7,10,13-15H2,1H3,(H,28,31)/t20-,25-/m0/s1. The number of nitrogens with zero attached hydrogens (tertiary/aromatic N) is 2. The number of hydroxylamine groups is 1. The average molecular weight is 495 g/mol. The summed E-state index contributed by atoms with van der Waals surface area (Å²) in [6.45, 7) is 2.69. The van der Waals surface area contributed by atoms with Gasteiger partial charge >= 0.3 is 0 Å². The first-order valence-electron chi connectivity index (χ1n) is 12.2. The highest BCUT2D eigenvalue weighted by molar-refractivity contribution is 7.12. The molecule has 35 heavy (non-hydrogen) atoms. The van der Waals surface area contributed by atoms with E-state index in [9.17, 15) is 14.4 Å². The first-order chi connectivity index (χ1) is 17.0. The van der Waals surface area contributed by atoms with Crippen LogP contribution >= 0.6 is 11.3 Å². The fraction of sp³-hybridized carbons (Fsp3) is 0.423. The summed E-state index contributed by atoms with van der Waals surface area (Å²) in [5.41, 5.74) is 4.82. The van der Waals surface area contributed by atoms with Crippen LogP contribution in [0.1, 0.15) is 59.2 Å². The Bertz CT molecular complexity index is 1270. The maximum atomic E-state index is 13.6. The van der Waals surface area contributed by atoms with Crippen molar-refractivity contribution in [3.63, 3.8) is 0 Å². The zero-order valence-electron chi connectivity index (χ0n) is 19.8. The minimum atomic E-state index is -0.511. The Morgan fingerprint density at radius 1 is 1.14 bits per heavy atom. The smallest absolute Gasteiger partial charge is 0.246 e. The van der Waals surface area contributed by atoms with E-state index in [1.54, 1.807) is 21.7 Å². The molecule has 9 heteroatoms. The number of carbonyl (C=O) groups is 3. The molecular formula is C26H30N4O4S. The highest BCUT2D eigenvalue weighted by atomic mass is 32.1. The summed E-state index contributed by atoms with van der Waals surface area (Å²) < 4.78 is 0. The monoisotopic (exact) mass is 494 g/mol. The van der Waals surface area contributed by atoms with E-state index in [4.69, 9.17) is 5.21 Å². The largest absolute Gasteiger partial charge is 0.356 e. The molecular weight excluding hydrogens is 464 g/mol. The molecule has 0 bridgehead atoms. The van der Waals surface area contributed by atoms with E-state index in [1.807, 2.05) is 23.1 Å². The molecule has 8 nitrogen and oxygen atoms in total.